The van der Waals surface area contributed by atoms with Gasteiger partial charge in [-0.1, -0.05) is 42.5 Å². The summed E-state index contributed by atoms with van der Waals surface area (Å²) in [7, 11) is 5.10. The average molecular weight is 415 g/mol. The van der Waals surface area contributed by atoms with E-state index in [1.807, 2.05) is 73.8 Å². The van der Waals surface area contributed by atoms with Crippen molar-refractivity contribution in [3.8, 4) is 17.4 Å². The Bertz CT molecular complexity index is 1210. The van der Waals surface area contributed by atoms with Gasteiger partial charge in [-0.15, -0.1) is 0 Å². The van der Waals surface area contributed by atoms with Gasteiger partial charge in [0, 0.05) is 23.6 Å². The minimum atomic E-state index is 0.0414. The molecule has 0 amide bonds. The van der Waals surface area contributed by atoms with E-state index in [1.54, 1.807) is 14.2 Å². The summed E-state index contributed by atoms with van der Waals surface area (Å²) in [6, 6.07) is 21.5. The molecular weight excluding hydrogens is 390 g/mol. The van der Waals surface area contributed by atoms with Crippen LogP contribution in [0.2, 0.25) is 0 Å². The number of aromatic nitrogens is 1. The van der Waals surface area contributed by atoms with Crippen molar-refractivity contribution in [2.45, 2.75) is 6.54 Å². The Hall–Kier alpha value is -3.77. The van der Waals surface area contributed by atoms with E-state index < -0.39 is 0 Å². The zero-order chi connectivity index (χ0) is 21.8. The van der Waals surface area contributed by atoms with Crippen LogP contribution in [0.25, 0.3) is 10.9 Å². The summed E-state index contributed by atoms with van der Waals surface area (Å²) in [6.45, 7) is 0.792. The van der Waals surface area contributed by atoms with Gasteiger partial charge in [0.1, 0.15) is 0 Å². The van der Waals surface area contributed by atoms with Crippen molar-refractivity contribution < 1.29 is 14.6 Å². The number of aromatic hydroxyl groups is 1. The predicted molar refractivity (Wildman–Crippen MR) is 124 cm³/mol. The third-order valence-electron chi connectivity index (χ3n) is 5.13. The molecule has 3 N–H and O–H groups in total. The van der Waals surface area contributed by atoms with E-state index in [0.29, 0.717) is 22.8 Å². The molecule has 1 heterocycles. The van der Waals surface area contributed by atoms with Crippen LogP contribution < -0.4 is 14.8 Å². The topological polar surface area (TPSA) is 78.9 Å². The number of ether oxygens (including phenoxy) is 2. The number of nitrogens with zero attached hydrogens (tertiary/aromatic N) is 1. The fraction of sp³-hybridized carbons (Fsp3) is 0.160. The van der Waals surface area contributed by atoms with Gasteiger partial charge in [-0.3, -0.25) is 0 Å². The Kier molecular flexibility index (Phi) is 5.91. The lowest BCUT2D eigenvalue weighted by Crippen LogP contribution is -2.04. The molecule has 0 saturated heterocycles. The second-order valence-electron chi connectivity index (χ2n) is 7.12. The molecule has 0 radical (unpaired) electrons. The van der Waals surface area contributed by atoms with E-state index in [1.165, 1.54) is 5.56 Å². The maximum atomic E-state index is 10.9. The van der Waals surface area contributed by atoms with Gasteiger partial charge in [-0.2, -0.15) is 0 Å². The van der Waals surface area contributed by atoms with Gasteiger partial charge < -0.3 is 24.9 Å². The molecule has 0 unspecified atom stereocenters. The highest BCUT2D eigenvalue weighted by Crippen LogP contribution is 2.38. The molecule has 3 aromatic carbocycles. The van der Waals surface area contributed by atoms with Gasteiger partial charge in [0.2, 0.25) is 0 Å². The quantitative estimate of drug-likeness (QED) is 0.380. The first-order valence-electron chi connectivity index (χ1n) is 9.99. The molecule has 158 valence electrons. The molecule has 0 spiro atoms. The molecule has 0 saturated carbocycles. The highest BCUT2D eigenvalue weighted by atomic mass is 16.5. The molecule has 31 heavy (non-hydrogen) atoms. The number of hydrogen-bond donors (Lipinski definition) is 3. The summed E-state index contributed by atoms with van der Waals surface area (Å²) in [5, 5.41) is 14.8. The number of rotatable bonds is 7. The maximum Gasteiger partial charge on any atom is 0.199 e. The van der Waals surface area contributed by atoms with E-state index in [9.17, 15) is 5.11 Å². The minimum Gasteiger partial charge on any atom is -0.494 e. The van der Waals surface area contributed by atoms with Crippen LogP contribution in [-0.2, 0) is 6.54 Å². The smallest absolute Gasteiger partial charge is 0.199 e. The first kappa shape index (κ1) is 20.5. The zero-order valence-electron chi connectivity index (χ0n) is 17.8. The van der Waals surface area contributed by atoms with Crippen LogP contribution in [-0.4, -0.2) is 37.1 Å². The van der Waals surface area contributed by atoms with Crippen molar-refractivity contribution in [3.63, 3.8) is 0 Å². The minimum absolute atomic E-state index is 0.0414. The predicted octanol–water partition coefficient (Wildman–Crippen LogP) is 4.78. The van der Waals surface area contributed by atoms with Crippen LogP contribution in [0.5, 0.6) is 17.4 Å². The second kappa shape index (κ2) is 8.93. The van der Waals surface area contributed by atoms with Gasteiger partial charge in [0.15, 0.2) is 17.4 Å². The number of methoxy groups -OCH3 is 2. The number of hydrogen-bond acceptors (Lipinski definition) is 5. The first-order chi connectivity index (χ1) is 15.1. The molecule has 0 bridgehead atoms. The maximum absolute atomic E-state index is 10.9. The number of fused-ring (bicyclic) bond motifs is 1. The van der Waals surface area contributed by atoms with Crippen LogP contribution in [0, 0.1) is 0 Å². The third-order valence-corrected chi connectivity index (χ3v) is 5.13. The molecule has 0 atom stereocenters. The summed E-state index contributed by atoms with van der Waals surface area (Å²) in [5.74, 6) is 1.21. The van der Waals surface area contributed by atoms with Gasteiger partial charge in [-0.25, -0.2) is 4.99 Å². The lowest BCUT2D eigenvalue weighted by atomic mass is 10.0. The molecule has 6 nitrogen and oxygen atoms in total. The summed E-state index contributed by atoms with van der Waals surface area (Å²) in [4.78, 5) is 7.97. The number of benzene rings is 3. The fourth-order valence-corrected chi connectivity index (χ4v) is 3.63. The summed E-state index contributed by atoms with van der Waals surface area (Å²) in [6.07, 6.45) is 0. The number of H-pyrrole nitrogens is 1. The summed E-state index contributed by atoms with van der Waals surface area (Å²) < 4.78 is 10.9. The van der Waals surface area contributed by atoms with E-state index in [-0.39, 0.29) is 5.88 Å². The molecular formula is C25H25N3O3. The van der Waals surface area contributed by atoms with E-state index >= 15 is 0 Å². The SMILES string of the molecule is CNCc1ccc(N=C(c2ccccc2)c2c(O)[nH]c3cc(OC)c(OC)cc23)cc1. The fourth-order valence-electron chi connectivity index (χ4n) is 3.63. The van der Waals surface area contributed by atoms with Gasteiger partial charge >= 0.3 is 0 Å². The van der Waals surface area contributed by atoms with Crippen molar-refractivity contribution in [1.29, 1.82) is 0 Å². The summed E-state index contributed by atoms with van der Waals surface area (Å²) in [5.41, 5.74) is 4.88. The van der Waals surface area contributed by atoms with Crippen molar-refractivity contribution in [1.82, 2.24) is 10.3 Å². The molecule has 6 heteroatoms. The van der Waals surface area contributed by atoms with E-state index in [4.69, 9.17) is 14.5 Å². The monoisotopic (exact) mass is 415 g/mol. The largest absolute Gasteiger partial charge is 0.494 e. The normalized spacial score (nSPS) is 11.6. The highest BCUT2D eigenvalue weighted by molar-refractivity contribution is 6.22. The molecule has 0 fully saturated rings. The Balaban J connectivity index is 1.92. The van der Waals surface area contributed by atoms with Gasteiger partial charge in [0.05, 0.1) is 36.7 Å². The molecule has 0 aliphatic carbocycles. The first-order valence-corrected chi connectivity index (χ1v) is 9.99. The van der Waals surface area contributed by atoms with Crippen LogP contribution >= 0.6 is 0 Å². The third kappa shape index (κ3) is 4.11. The Morgan fingerprint density at radius 2 is 1.65 bits per heavy atom. The van der Waals surface area contributed by atoms with Gasteiger partial charge in [0.25, 0.3) is 0 Å². The van der Waals surface area contributed by atoms with E-state index in [2.05, 4.69) is 10.3 Å². The second-order valence-corrected chi connectivity index (χ2v) is 7.12. The number of aliphatic imine (C=N–C) groups is 1. The van der Waals surface area contributed by atoms with E-state index in [0.717, 1.165) is 28.7 Å². The van der Waals surface area contributed by atoms with Crippen molar-refractivity contribution in [2.24, 2.45) is 4.99 Å². The highest BCUT2D eigenvalue weighted by Gasteiger charge is 2.21. The molecule has 0 aliphatic heterocycles. The molecule has 4 aromatic rings. The number of aromatic amines is 1. The molecule has 1 aromatic heterocycles. The van der Waals surface area contributed by atoms with Crippen LogP contribution in [0.3, 0.4) is 0 Å². The zero-order valence-corrected chi connectivity index (χ0v) is 17.8. The lowest BCUT2D eigenvalue weighted by molar-refractivity contribution is 0.356. The molecule has 4 rings (SSSR count). The van der Waals surface area contributed by atoms with Crippen LogP contribution in [0.4, 0.5) is 5.69 Å². The number of nitrogens with one attached hydrogen (secondary N) is 2. The Morgan fingerprint density at radius 3 is 2.29 bits per heavy atom. The molecule has 0 aliphatic rings. The lowest BCUT2D eigenvalue weighted by Gasteiger charge is -2.10. The van der Waals surface area contributed by atoms with Gasteiger partial charge in [-0.05, 0) is 30.8 Å². The van der Waals surface area contributed by atoms with Crippen molar-refractivity contribution in [2.75, 3.05) is 21.3 Å². The van der Waals surface area contributed by atoms with Crippen LogP contribution in [0.1, 0.15) is 16.7 Å². The van der Waals surface area contributed by atoms with Crippen molar-refractivity contribution >= 4 is 22.3 Å². The van der Waals surface area contributed by atoms with Crippen molar-refractivity contribution in [3.05, 3.63) is 83.4 Å². The summed E-state index contributed by atoms with van der Waals surface area (Å²) >= 11 is 0. The standard InChI is InChI=1S/C25H25N3O3/c1-26-15-16-9-11-18(12-10-16)27-24(17-7-5-4-6-8-17)23-19-13-21(30-2)22(31-3)14-20(19)28-25(23)29/h4-14,26,28-29H,15H2,1-3H3. The average Bonchev–Trinajstić information content (AvgIpc) is 3.12. The Labute approximate surface area is 181 Å². The van der Waals surface area contributed by atoms with Crippen LogP contribution in [0.15, 0.2) is 71.7 Å². The Morgan fingerprint density at radius 1 is 0.968 bits per heavy atom.